The fourth-order valence-electron chi connectivity index (χ4n) is 2.95. The molecular weight excluding hydrogens is 240 g/mol. The van der Waals surface area contributed by atoms with E-state index in [2.05, 4.69) is 31.0 Å². The predicted octanol–water partition coefficient (Wildman–Crippen LogP) is 2.04. The normalized spacial score (nSPS) is 20.4. The second-order valence-corrected chi connectivity index (χ2v) is 5.72. The van der Waals surface area contributed by atoms with Gasteiger partial charge < -0.3 is 15.0 Å². The summed E-state index contributed by atoms with van der Waals surface area (Å²) in [7, 11) is 1.47. The van der Waals surface area contributed by atoms with Crippen LogP contribution in [-0.2, 0) is 9.53 Å². The third-order valence-corrected chi connectivity index (χ3v) is 4.58. The Kier molecular flexibility index (Phi) is 6.80. The van der Waals surface area contributed by atoms with Crippen molar-refractivity contribution >= 4 is 5.97 Å². The van der Waals surface area contributed by atoms with Gasteiger partial charge >= 0.3 is 5.97 Å². The molecule has 0 aliphatic carbocycles. The van der Waals surface area contributed by atoms with Gasteiger partial charge in [-0.05, 0) is 44.2 Å². The summed E-state index contributed by atoms with van der Waals surface area (Å²) in [5, 5.41) is 3.29. The van der Waals surface area contributed by atoms with Crippen molar-refractivity contribution in [3.8, 4) is 0 Å². The van der Waals surface area contributed by atoms with Crippen molar-refractivity contribution in [1.29, 1.82) is 0 Å². The van der Waals surface area contributed by atoms with Gasteiger partial charge in [0.2, 0.25) is 0 Å². The van der Waals surface area contributed by atoms with Crippen LogP contribution in [0.3, 0.4) is 0 Å². The van der Waals surface area contributed by atoms with Crippen molar-refractivity contribution in [3.05, 3.63) is 0 Å². The first-order valence-electron chi connectivity index (χ1n) is 7.64. The number of nitrogens with one attached hydrogen (secondary N) is 1. The van der Waals surface area contributed by atoms with E-state index in [1.807, 2.05) is 0 Å². The molecule has 0 amide bonds. The molecule has 1 aliphatic rings. The van der Waals surface area contributed by atoms with Gasteiger partial charge in [-0.1, -0.05) is 20.8 Å². The van der Waals surface area contributed by atoms with Crippen LogP contribution >= 0.6 is 0 Å². The lowest BCUT2D eigenvalue weighted by molar-refractivity contribution is -0.143. The Morgan fingerprint density at radius 2 is 2.05 bits per heavy atom. The molecule has 0 aromatic rings. The maximum atomic E-state index is 11.8. The lowest BCUT2D eigenvalue weighted by Gasteiger charge is -2.28. The number of likely N-dealkylation sites (tertiary alicyclic amines) is 1. The first-order valence-corrected chi connectivity index (χ1v) is 7.64. The largest absolute Gasteiger partial charge is 0.468 e. The van der Waals surface area contributed by atoms with Crippen LogP contribution in [0.2, 0.25) is 0 Å². The SMILES string of the molecule is CCCNC(CN1CCC(CC)(CC)C1)C(=O)OC. The summed E-state index contributed by atoms with van der Waals surface area (Å²) in [6.45, 7) is 10.5. The number of rotatable bonds is 8. The van der Waals surface area contributed by atoms with Gasteiger partial charge in [-0.25, -0.2) is 0 Å². The molecule has 0 aromatic carbocycles. The van der Waals surface area contributed by atoms with Crippen molar-refractivity contribution in [3.63, 3.8) is 0 Å². The van der Waals surface area contributed by atoms with E-state index >= 15 is 0 Å². The van der Waals surface area contributed by atoms with E-state index in [1.165, 1.54) is 26.4 Å². The first kappa shape index (κ1) is 16.4. The molecule has 1 unspecified atom stereocenters. The molecule has 1 rings (SSSR count). The molecule has 0 spiro atoms. The van der Waals surface area contributed by atoms with Gasteiger partial charge in [0.05, 0.1) is 7.11 Å². The van der Waals surface area contributed by atoms with E-state index in [4.69, 9.17) is 4.74 Å². The van der Waals surface area contributed by atoms with E-state index < -0.39 is 0 Å². The zero-order valence-corrected chi connectivity index (χ0v) is 13.0. The van der Waals surface area contributed by atoms with Crippen molar-refractivity contribution in [2.45, 2.75) is 52.5 Å². The highest BCUT2D eigenvalue weighted by Crippen LogP contribution is 2.36. The molecule has 19 heavy (non-hydrogen) atoms. The van der Waals surface area contributed by atoms with Gasteiger partial charge in [-0.15, -0.1) is 0 Å². The summed E-state index contributed by atoms with van der Waals surface area (Å²) in [6, 6.07) is -0.186. The monoisotopic (exact) mass is 270 g/mol. The molecule has 4 heteroatoms. The lowest BCUT2D eigenvalue weighted by Crippen LogP contribution is -2.46. The maximum Gasteiger partial charge on any atom is 0.324 e. The van der Waals surface area contributed by atoms with E-state index in [-0.39, 0.29) is 12.0 Å². The van der Waals surface area contributed by atoms with Crippen molar-refractivity contribution in [2.75, 3.05) is 33.3 Å². The van der Waals surface area contributed by atoms with E-state index in [9.17, 15) is 4.79 Å². The van der Waals surface area contributed by atoms with Crippen LogP contribution in [0.25, 0.3) is 0 Å². The highest BCUT2D eigenvalue weighted by Gasteiger charge is 2.36. The highest BCUT2D eigenvalue weighted by molar-refractivity contribution is 5.75. The second-order valence-electron chi connectivity index (χ2n) is 5.72. The first-order chi connectivity index (χ1) is 9.10. The van der Waals surface area contributed by atoms with Crippen molar-refractivity contribution < 1.29 is 9.53 Å². The number of carbonyl (C=O) groups is 1. The van der Waals surface area contributed by atoms with Crippen LogP contribution in [-0.4, -0.2) is 50.2 Å². The quantitative estimate of drug-likeness (QED) is 0.685. The van der Waals surface area contributed by atoms with Crippen LogP contribution in [0.4, 0.5) is 0 Å². The zero-order chi connectivity index (χ0) is 14.3. The van der Waals surface area contributed by atoms with Gasteiger partial charge in [-0.3, -0.25) is 4.79 Å². The molecular formula is C15H30N2O2. The highest BCUT2D eigenvalue weighted by atomic mass is 16.5. The van der Waals surface area contributed by atoms with Gasteiger partial charge in [0.25, 0.3) is 0 Å². The fourth-order valence-corrected chi connectivity index (χ4v) is 2.95. The van der Waals surface area contributed by atoms with Gasteiger partial charge in [0, 0.05) is 13.1 Å². The molecule has 0 aromatic heterocycles. The smallest absolute Gasteiger partial charge is 0.324 e. The molecule has 1 atom stereocenters. The standard InChI is InChI=1S/C15H30N2O2/c1-5-9-16-13(14(18)19-4)11-17-10-8-15(6-2,7-3)12-17/h13,16H,5-12H2,1-4H3. The van der Waals surface area contributed by atoms with Gasteiger partial charge in [0.1, 0.15) is 6.04 Å². The molecule has 1 saturated heterocycles. The summed E-state index contributed by atoms with van der Waals surface area (Å²) in [5.74, 6) is -0.140. The van der Waals surface area contributed by atoms with Crippen LogP contribution in [0.15, 0.2) is 0 Å². The number of hydrogen-bond donors (Lipinski definition) is 1. The number of esters is 1. The summed E-state index contributed by atoms with van der Waals surface area (Å²) in [6.07, 6.45) is 4.74. The topological polar surface area (TPSA) is 41.6 Å². The predicted molar refractivity (Wildman–Crippen MR) is 78.2 cm³/mol. The Bertz CT molecular complexity index is 277. The van der Waals surface area contributed by atoms with Crippen molar-refractivity contribution in [2.24, 2.45) is 5.41 Å². The molecule has 0 saturated carbocycles. The summed E-state index contributed by atoms with van der Waals surface area (Å²) < 4.78 is 4.90. The Morgan fingerprint density at radius 1 is 1.37 bits per heavy atom. The molecule has 4 nitrogen and oxygen atoms in total. The minimum atomic E-state index is -0.186. The number of hydrogen-bond acceptors (Lipinski definition) is 4. The Balaban J connectivity index is 2.53. The molecule has 1 aliphatic heterocycles. The number of carbonyl (C=O) groups excluding carboxylic acids is 1. The van der Waals surface area contributed by atoms with Crippen molar-refractivity contribution in [1.82, 2.24) is 10.2 Å². The molecule has 0 radical (unpaired) electrons. The van der Waals surface area contributed by atoms with Gasteiger partial charge in [0.15, 0.2) is 0 Å². The molecule has 1 heterocycles. The number of ether oxygens (including phenoxy) is 1. The number of methoxy groups -OCH3 is 1. The molecule has 1 N–H and O–H groups in total. The summed E-state index contributed by atoms with van der Waals surface area (Å²) >= 11 is 0. The summed E-state index contributed by atoms with van der Waals surface area (Å²) in [5.41, 5.74) is 0.464. The number of nitrogens with zero attached hydrogens (tertiary/aromatic N) is 1. The minimum absolute atomic E-state index is 0.140. The zero-order valence-electron chi connectivity index (χ0n) is 13.0. The Morgan fingerprint density at radius 3 is 2.53 bits per heavy atom. The van der Waals surface area contributed by atoms with Gasteiger partial charge in [-0.2, -0.15) is 0 Å². The van der Waals surface area contributed by atoms with Crippen LogP contribution in [0, 0.1) is 5.41 Å². The van der Waals surface area contributed by atoms with E-state index in [0.717, 1.165) is 32.6 Å². The second kappa shape index (κ2) is 7.85. The third kappa shape index (κ3) is 4.46. The van der Waals surface area contributed by atoms with Crippen LogP contribution in [0.1, 0.15) is 46.5 Å². The van der Waals surface area contributed by atoms with E-state index in [0.29, 0.717) is 5.41 Å². The Labute approximate surface area is 117 Å². The van der Waals surface area contributed by atoms with E-state index in [1.54, 1.807) is 0 Å². The van der Waals surface area contributed by atoms with Crippen LogP contribution in [0.5, 0.6) is 0 Å². The summed E-state index contributed by atoms with van der Waals surface area (Å²) in [4.78, 5) is 14.2. The third-order valence-electron chi connectivity index (χ3n) is 4.58. The minimum Gasteiger partial charge on any atom is -0.468 e. The fraction of sp³-hybridized carbons (Fsp3) is 0.933. The molecule has 1 fully saturated rings. The molecule has 0 bridgehead atoms. The Hall–Kier alpha value is -0.610. The maximum absolute atomic E-state index is 11.8. The molecule has 112 valence electrons. The van der Waals surface area contributed by atoms with Crippen LogP contribution < -0.4 is 5.32 Å². The average molecular weight is 270 g/mol. The lowest BCUT2D eigenvalue weighted by atomic mass is 9.82. The average Bonchev–Trinajstić information content (AvgIpc) is 2.86.